The summed E-state index contributed by atoms with van der Waals surface area (Å²) in [5, 5.41) is 13.9. The van der Waals surface area contributed by atoms with Crippen molar-refractivity contribution in [3.63, 3.8) is 0 Å². The van der Waals surface area contributed by atoms with Gasteiger partial charge in [0.05, 0.1) is 17.3 Å². The maximum Gasteiger partial charge on any atom is 0.186 e. The Bertz CT molecular complexity index is 363. The Morgan fingerprint density at radius 3 is 2.71 bits per heavy atom. The van der Waals surface area contributed by atoms with Crippen LogP contribution in [0.3, 0.4) is 0 Å². The number of anilines is 1. The summed E-state index contributed by atoms with van der Waals surface area (Å²) in [7, 11) is 0. The Kier molecular flexibility index (Phi) is 4.22. The Labute approximate surface area is 111 Å². The first-order valence-corrected chi connectivity index (χ1v) is 7.18. The number of rotatable bonds is 4. The summed E-state index contributed by atoms with van der Waals surface area (Å²) in [5.41, 5.74) is -0.612. The summed E-state index contributed by atoms with van der Waals surface area (Å²) in [6, 6.07) is 0. The lowest BCUT2D eigenvalue weighted by molar-refractivity contribution is 0.00224. The molecule has 0 aliphatic heterocycles. The Morgan fingerprint density at radius 2 is 2.18 bits per heavy atom. The van der Waals surface area contributed by atoms with Crippen molar-refractivity contribution in [1.29, 1.82) is 0 Å². The molecule has 1 fully saturated rings. The first-order valence-electron chi connectivity index (χ1n) is 6.07. The number of aromatic nitrogens is 2. The zero-order valence-electron chi connectivity index (χ0n) is 9.95. The predicted molar refractivity (Wildman–Crippen MR) is 70.6 cm³/mol. The van der Waals surface area contributed by atoms with Crippen LogP contribution >= 0.6 is 23.3 Å². The van der Waals surface area contributed by atoms with Crippen molar-refractivity contribution in [1.82, 2.24) is 8.75 Å². The minimum absolute atomic E-state index is 0.390. The van der Waals surface area contributed by atoms with E-state index in [4.69, 9.17) is 11.6 Å². The third-order valence-corrected chi connectivity index (χ3v) is 4.54. The topological polar surface area (TPSA) is 58.0 Å². The van der Waals surface area contributed by atoms with E-state index in [1.54, 1.807) is 0 Å². The van der Waals surface area contributed by atoms with Gasteiger partial charge in [-0.25, -0.2) is 0 Å². The highest BCUT2D eigenvalue weighted by Crippen LogP contribution is 2.34. The molecule has 0 amide bonds. The molecule has 1 heterocycles. The van der Waals surface area contributed by atoms with Crippen LogP contribution in [0.4, 0.5) is 5.82 Å². The van der Waals surface area contributed by atoms with E-state index in [-0.39, 0.29) is 0 Å². The molecule has 17 heavy (non-hydrogen) atoms. The van der Waals surface area contributed by atoms with Gasteiger partial charge in [-0.2, -0.15) is 8.75 Å². The first-order chi connectivity index (χ1) is 8.13. The van der Waals surface area contributed by atoms with Gasteiger partial charge in [0.1, 0.15) is 0 Å². The number of halogens is 1. The standard InChI is InChI=1S/C11H18ClN3OS/c1-2-8-3-5-11(16,6-4-8)7-13-10-9(12)14-17-15-10/h8,16H,2-7H2,1H3,(H,13,15). The molecule has 1 aromatic rings. The molecule has 4 nitrogen and oxygen atoms in total. The zero-order chi connectivity index (χ0) is 12.3. The second-order valence-corrected chi connectivity index (χ2v) is 5.72. The first kappa shape index (κ1) is 13.1. The van der Waals surface area contributed by atoms with Crippen LogP contribution in [-0.4, -0.2) is 26.0 Å². The van der Waals surface area contributed by atoms with E-state index < -0.39 is 5.60 Å². The van der Waals surface area contributed by atoms with E-state index in [9.17, 15) is 5.11 Å². The highest BCUT2D eigenvalue weighted by molar-refractivity contribution is 6.99. The fraction of sp³-hybridized carbons (Fsp3) is 0.818. The monoisotopic (exact) mass is 275 g/mol. The van der Waals surface area contributed by atoms with Crippen LogP contribution in [0.1, 0.15) is 39.0 Å². The smallest absolute Gasteiger partial charge is 0.186 e. The van der Waals surface area contributed by atoms with E-state index in [0.29, 0.717) is 17.5 Å². The van der Waals surface area contributed by atoms with Crippen molar-refractivity contribution >= 4 is 29.1 Å². The van der Waals surface area contributed by atoms with Crippen molar-refractivity contribution in [2.75, 3.05) is 11.9 Å². The van der Waals surface area contributed by atoms with Gasteiger partial charge in [0.15, 0.2) is 11.0 Å². The van der Waals surface area contributed by atoms with Crippen molar-refractivity contribution in [3.05, 3.63) is 5.15 Å². The van der Waals surface area contributed by atoms with Gasteiger partial charge in [-0.1, -0.05) is 24.9 Å². The van der Waals surface area contributed by atoms with Crippen molar-refractivity contribution in [2.45, 2.75) is 44.6 Å². The number of aliphatic hydroxyl groups is 1. The Hall–Kier alpha value is -0.390. The van der Waals surface area contributed by atoms with Crippen molar-refractivity contribution in [3.8, 4) is 0 Å². The molecule has 0 spiro atoms. The molecule has 96 valence electrons. The second kappa shape index (κ2) is 5.50. The number of hydrogen-bond acceptors (Lipinski definition) is 5. The van der Waals surface area contributed by atoms with Crippen LogP contribution in [0.25, 0.3) is 0 Å². The normalized spacial score (nSPS) is 29.2. The summed E-state index contributed by atoms with van der Waals surface area (Å²) < 4.78 is 7.92. The van der Waals surface area contributed by atoms with Gasteiger partial charge < -0.3 is 10.4 Å². The van der Waals surface area contributed by atoms with Crippen molar-refractivity contribution in [2.24, 2.45) is 5.92 Å². The Morgan fingerprint density at radius 1 is 1.47 bits per heavy atom. The van der Waals surface area contributed by atoms with Gasteiger partial charge >= 0.3 is 0 Å². The van der Waals surface area contributed by atoms with Gasteiger partial charge in [-0.05, 0) is 31.6 Å². The third kappa shape index (κ3) is 3.30. The fourth-order valence-electron chi connectivity index (χ4n) is 2.33. The lowest BCUT2D eigenvalue weighted by Gasteiger charge is -2.35. The van der Waals surface area contributed by atoms with Crippen LogP contribution in [-0.2, 0) is 0 Å². The molecule has 0 atom stereocenters. The predicted octanol–water partition coefficient (Wildman–Crippen LogP) is 2.93. The molecule has 6 heteroatoms. The van der Waals surface area contributed by atoms with Crippen LogP contribution in [0, 0.1) is 5.92 Å². The van der Waals surface area contributed by atoms with E-state index in [2.05, 4.69) is 21.0 Å². The van der Waals surface area contributed by atoms with E-state index in [1.165, 1.54) is 6.42 Å². The third-order valence-electron chi connectivity index (χ3n) is 3.65. The number of nitrogens with one attached hydrogen (secondary N) is 1. The maximum absolute atomic E-state index is 10.4. The van der Waals surface area contributed by atoms with E-state index in [0.717, 1.165) is 43.3 Å². The molecule has 2 rings (SSSR count). The SMILES string of the molecule is CCC1CCC(O)(CNc2nsnc2Cl)CC1. The molecular formula is C11H18ClN3OS. The lowest BCUT2D eigenvalue weighted by atomic mass is 9.78. The van der Waals surface area contributed by atoms with Gasteiger partial charge in [-0.15, -0.1) is 0 Å². The maximum atomic E-state index is 10.4. The zero-order valence-corrected chi connectivity index (χ0v) is 11.5. The van der Waals surface area contributed by atoms with Crippen LogP contribution in [0.5, 0.6) is 0 Å². The molecule has 0 bridgehead atoms. The largest absolute Gasteiger partial charge is 0.388 e. The molecule has 2 N–H and O–H groups in total. The quantitative estimate of drug-likeness (QED) is 0.887. The van der Waals surface area contributed by atoms with Gasteiger partial charge in [0.2, 0.25) is 0 Å². The minimum atomic E-state index is -0.612. The van der Waals surface area contributed by atoms with Crippen LogP contribution in [0.2, 0.25) is 5.15 Å². The van der Waals surface area contributed by atoms with Crippen LogP contribution < -0.4 is 5.32 Å². The molecule has 0 aromatic carbocycles. The van der Waals surface area contributed by atoms with E-state index >= 15 is 0 Å². The Balaban J connectivity index is 1.85. The molecule has 0 saturated heterocycles. The molecule has 1 aromatic heterocycles. The van der Waals surface area contributed by atoms with Gasteiger partial charge in [0, 0.05) is 6.54 Å². The lowest BCUT2D eigenvalue weighted by Crippen LogP contribution is -2.40. The molecular weight excluding hydrogens is 258 g/mol. The van der Waals surface area contributed by atoms with E-state index in [1.807, 2.05) is 0 Å². The summed E-state index contributed by atoms with van der Waals surface area (Å²) in [6.45, 7) is 2.72. The summed E-state index contributed by atoms with van der Waals surface area (Å²) in [5.74, 6) is 1.36. The highest BCUT2D eigenvalue weighted by atomic mass is 35.5. The number of nitrogens with zero attached hydrogens (tertiary/aromatic N) is 2. The van der Waals surface area contributed by atoms with Crippen LogP contribution in [0.15, 0.2) is 0 Å². The van der Waals surface area contributed by atoms with Gasteiger partial charge in [0.25, 0.3) is 0 Å². The summed E-state index contributed by atoms with van der Waals surface area (Å²) in [4.78, 5) is 0. The average Bonchev–Trinajstić information content (AvgIpc) is 2.74. The minimum Gasteiger partial charge on any atom is -0.388 e. The molecule has 1 aliphatic rings. The molecule has 1 saturated carbocycles. The molecule has 1 aliphatic carbocycles. The average molecular weight is 276 g/mol. The number of hydrogen-bond donors (Lipinski definition) is 2. The second-order valence-electron chi connectivity index (χ2n) is 4.83. The fourth-order valence-corrected chi connectivity index (χ4v) is 3.01. The molecule has 0 unspecified atom stereocenters. The highest BCUT2D eigenvalue weighted by Gasteiger charge is 2.32. The molecule has 0 radical (unpaired) electrons. The summed E-state index contributed by atoms with van der Waals surface area (Å²) >= 11 is 6.92. The van der Waals surface area contributed by atoms with Gasteiger partial charge in [-0.3, -0.25) is 0 Å². The van der Waals surface area contributed by atoms with Crippen molar-refractivity contribution < 1.29 is 5.11 Å². The summed E-state index contributed by atoms with van der Waals surface area (Å²) in [6.07, 6.45) is 5.14.